The van der Waals surface area contributed by atoms with Gasteiger partial charge >= 0.3 is 0 Å². The third-order valence-electron chi connectivity index (χ3n) is 4.61. The second kappa shape index (κ2) is 9.18. The summed E-state index contributed by atoms with van der Waals surface area (Å²) in [6.07, 6.45) is 9.50. The van der Waals surface area contributed by atoms with Gasteiger partial charge in [0.05, 0.1) is 4.90 Å². The maximum atomic E-state index is 12.1. The lowest BCUT2D eigenvalue weighted by Crippen LogP contribution is -2.35. The minimum atomic E-state index is -3.40. The molecule has 2 N–H and O–H groups in total. The highest BCUT2D eigenvalue weighted by Crippen LogP contribution is 2.17. The molecule has 1 aliphatic carbocycles. The van der Waals surface area contributed by atoms with E-state index in [2.05, 4.69) is 10.0 Å². The number of carbonyl (C=O) groups is 1. The van der Waals surface area contributed by atoms with Gasteiger partial charge in [-0.2, -0.15) is 0 Å². The molecule has 134 valence electrons. The first-order valence-electron chi connectivity index (χ1n) is 8.83. The standard InChI is InChI=1S/C18H28N2O3S/c1-19-24(22,23)17-12-9-15(10-13-17)11-14-18(21)20-16-7-5-3-2-4-6-8-16/h9-10,12-13,16,19H,2-8,11,14H2,1H3,(H,20,21). The summed E-state index contributed by atoms with van der Waals surface area (Å²) in [6, 6.07) is 7.02. The maximum absolute atomic E-state index is 12.1. The van der Waals surface area contributed by atoms with Crippen LogP contribution in [0.4, 0.5) is 0 Å². The molecule has 0 spiro atoms. The van der Waals surface area contributed by atoms with Crippen molar-refractivity contribution < 1.29 is 13.2 Å². The van der Waals surface area contributed by atoms with Crippen LogP contribution in [0.25, 0.3) is 0 Å². The minimum absolute atomic E-state index is 0.0903. The van der Waals surface area contributed by atoms with Crippen molar-refractivity contribution in [1.82, 2.24) is 10.0 Å². The van der Waals surface area contributed by atoms with Crippen molar-refractivity contribution in [2.24, 2.45) is 0 Å². The number of sulfonamides is 1. The lowest BCUT2D eigenvalue weighted by molar-refractivity contribution is -0.121. The van der Waals surface area contributed by atoms with Crippen molar-refractivity contribution in [3.63, 3.8) is 0 Å². The molecule has 1 aromatic carbocycles. The van der Waals surface area contributed by atoms with Gasteiger partial charge in [0, 0.05) is 12.5 Å². The molecular formula is C18H28N2O3S. The molecule has 5 nitrogen and oxygen atoms in total. The molecule has 2 rings (SSSR count). The number of carbonyl (C=O) groups excluding carboxylic acids is 1. The Morgan fingerprint density at radius 2 is 1.62 bits per heavy atom. The zero-order valence-corrected chi connectivity index (χ0v) is 15.2. The normalized spacial score (nSPS) is 17.0. The van der Waals surface area contributed by atoms with Crippen LogP contribution in [-0.2, 0) is 21.2 Å². The fourth-order valence-electron chi connectivity index (χ4n) is 3.11. The van der Waals surface area contributed by atoms with Crippen LogP contribution in [0.5, 0.6) is 0 Å². The third-order valence-corrected chi connectivity index (χ3v) is 6.04. The first kappa shape index (κ1) is 18.9. The number of rotatable bonds is 6. The highest BCUT2D eigenvalue weighted by molar-refractivity contribution is 7.89. The maximum Gasteiger partial charge on any atom is 0.240 e. The number of nitrogens with one attached hydrogen (secondary N) is 2. The Morgan fingerprint density at radius 3 is 2.21 bits per heavy atom. The van der Waals surface area contributed by atoms with Crippen molar-refractivity contribution in [3.8, 4) is 0 Å². The van der Waals surface area contributed by atoms with E-state index in [1.807, 2.05) is 0 Å². The summed E-state index contributed by atoms with van der Waals surface area (Å²) in [7, 11) is -2.01. The molecule has 1 fully saturated rings. The summed E-state index contributed by atoms with van der Waals surface area (Å²) in [5.74, 6) is 0.0903. The van der Waals surface area contributed by atoms with Gasteiger partial charge in [-0.05, 0) is 44.0 Å². The van der Waals surface area contributed by atoms with E-state index in [1.54, 1.807) is 24.3 Å². The van der Waals surface area contributed by atoms with Gasteiger partial charge in [-0.3, -0.25) is 4.79 Å². The highest BCUT2D eigenvalue weighted by Gasteiger charge is 2.14. The monoisotopic (exact) mass is 352 g/mol. The molecule has 0 saturated heterocycles. The summed E-state index contributed by atoms with van der Waals surface area (Å²) in [6.45, 7) is 0. The Bertz CT molecular complexity index is 618. The Balaban J connectivity index is 1.80. The average molecular weight is 353 g/mol. The molecule has 6 heteroatoms. The lowest BCUT2D eigenvalue weighted by atomic mass is 9.96. The van der Waals surface area contributed by atoms with Gasteiger partial charge in [-0.15, -0.1) is 0 Å². The molecule has 1 amide bonds. The van der Waals surface area contributed by atoms with E-state index in [9.17, 15) is 13.2 Å². The number of hydrogen-bond acceptors (Lipinski definition) is 3. The summed E-state index contributed by atoms with van der Waals surface area (Å²) in [5, 5.41) is 3.16. The number of aryl methyl sites for hydroxylation is 1. The summed E-state index contributed by atoms with van der Waals surface area (Å²) >= 11 is 0. The van der Waals surface area contributed by atoms with Crippen LogP contribution in [-0.4, -0.2) is 27.4 Å². The van der Waals surface area contributed by atoms with Gasteiger partial charge < -0.3 is 5.32 Å². The third kappa shape index (κ3) is 5.91. The van der Waals surface area contributed by atoms with Crippen LogP contribution in [0.2, 0.25) is 0 Å². The minimum Gasteiger partial charge on any atom is -0.353 e. The molecular weight excluding hydrogens is 324 g/mol. The first-order chi connectivity index (χ1) is 11.5. The molecule has 24 heavy (non-hydrogen) atoms. The zero-order valence-electron chi connectivity index (χ0n) is 14.4. The molecule has 0 radical (unpaired) electrons. The first-order valence-corrected chi connectivity index (χ1v) is 10.3. The van der Waals surface area contributed by atoms with Crippen LogP contribution in [0, 0.1) is 0 Å². The van der Waals surface area contributed by atoms with E-state index >= 15 is 0 Å². The quantitative estimate of drug-likeness (QED) is 0.826. The molecule has 0 atom stereocenters. The Hall–Kier alpha value is -1.40. The number of benzene rings is 1. The fourth-order valence-corrected chi connectivity index (χ4v) is 3.84. The second-order valence-corrected chi connectivity index (χ2v) is 8.35. The van der Waals surface area contributed by atoms with Crippen molar-refractivity contribution in [2.75, 3.05) is 7.05 Å². The highest BCUT2D eigenvalue weighted by atomic mass is 32.2. The smallest absolute Gasteiger partial charge is 0.240 e. The Morgan fingerprint density at radius 1 is 1.04 bits per heavy atom. The predicted molar refractivity (Wildman–Crippen MR) is 95.3 cm³/mol. The van der Waals surface area contributed by atoms with Crippen molar-refractivity contribution in [1.29, 1.82) is 0 Å². The Kier molecular flexibility index (Phi) is 7.24. The second-order valence-electron chi connectivity index (χ2n) is 6.46. The van der Waals surface area contributed by atoms with E-state index in [4.69, 9.17) is 0 Å². The number of hydrogen-bond donors (Lipinski definition) is 2. The fraction of sp³-hybridized carbons (Fsp3) is 0.611. The van der Waals surface area contributed by atoms with E-state index in [1.165, 1.54) is 39.2 Å². The van der Waals surface area contributed by atoms with E-state index < -0.39 is 10.0 Å². The van der Waals surface area contributed by atoms with Gasteiger partial charge in [0.2, 0.25) is 15.9 Å². The molecule has 0 aliphatic heterocycles. The molecule has 1 saturated carbocycles. The van der Waals surface area contributed by atoms with Gasteiger partial charge in [0.25, 0.3) is 0 Å². The van der Waals surface area contributed by atoms with Gasteiger partial charge in [-0.1, -0.05) is 44.2 Å². The van der Waals surface area contributed by atoms with Crippen molar-refractivity contribution in [2.45, 2.75) is 68.7 Å². The van der Waals surface area contributed by atoms with E-state index in [0.717, 1.165) is 18.4 Å². The Labute approximate surface area is 145 Å². The van der Waals surface area contributed by atoms with Gasteiger partial charge in [0.1, 0.15) is 0 Å². The molecule has 0 bridgehead atoms. The predicted octanol–water partition coefficient (Wildman–Crippen LogP) is 2.76. The molecule has 0 aromatic heterocycles. The van der Waals surface area contributed by atoms with Crippen molar-refractivity contribution in [3.05, 3.63) is 29.8 Å². The van der Waals surface area contributed by atoms with Crippen LogP contribution in [0.3, 0.4) is 0 Å². The summed E-state index contributed by atoms with van der Waals surface area (Å²) < 4.78 is 25.6. The summed E-state index contributed by atoms with van der Waals surface area (Å²) in [5.41, 5.74) is 0.970. The van der Waals surface area contributed by atoms with Gasteiger partial charge in [-0.25, -0.2) is 13.1 Å². The van der Waals surface area contributed by atoms with Crippen molar-refractivity contribution >= 4 is 15.9 Å². The van der Waals surface area contributed by atoms with E-state index in [-0.39, 0.29) is 10.8 Å². The molecule has 1 aliphatic rings. The largest absolute Gasteiger partial charge is 0.353 e. The SMILES string of the molecule is CNS(=O)(=O)c1ccc(CCC(=O)NC2CCCCCCC2)cc1. The van der Waals surface area contributed by atoms with Crippen LogP contribution in [0.1, 0.15) is 56.9 Å². The van der Waals surface area contributed by atoms with Crippen LogP contribution >= 0.6 is 0 Å². The van der Waals surface area contributed by atoms with Crippen LogP contribution in [0.15, 0.2) is 29.2 Å². The van der Waals surface area contributed by atoms with Gasteiger partial charge in [0.15, 0.2) is 0 Å². The average Bonchev–Trinajstić information content (AvgIpc) is 2.56. The zero-order chi connectivity index (χ0) is 17.4. The van der Waals surface area contributed by atoms with E-state index in [0.29, 0.717) is 18.9 Å². The number of amides is 1. The molecule has 1 aromatic rings. The lowest BCUT2D eigenvalue weighted by Gasteiger charge is -2.21. The topological polar surface area (TPSA) is 75.3 Å². The van der Waals surface area contributed by atoms with Crippen LogP contribution < -0.4 is 10.0 Å². The molecule has 0 heterocycles. The molecule has 0 unspecified atom stereocenters. The summed E-state index contributed by atoms with van der Waals surface area (Å²) in [4.78, 5) is 12.4.